The topological polar surface area (TPSA) is 20.2 Å². The summed E-state index contributed by atoms with van der Waals surface area (Å²) in [6.07, 6.45) is -11.7. The van der Waals surface area contributed by atoms with E-state index in [9.17, 15) is 31.4 Å². The average molecular weight is 344 g/mol. The second-order valence-corrected chi connectivity index (χ2v) is 10.7. The molecule has 0 aliphatic carbocycles. The Bertz CT molecular complexity index is 488. The maximum Gasteiger partial charge on any atom is 0.430 e. The van der Waals surface area contributed by atoms with Gasteiger partial charge in [-0.25, -0.2) is 0 Å². The van der Waals surface area contributed by atoms with Crippen molar-refractivity contribution in [1.82, 2.24) is 0 Å². The number of rotatable bonds is 4. The lowest BCUT2D eigenvalue weighted by Crippen LogP contribution is -2.54. The van der Waals surface area contributed by atoms with Crippen LogP contribution in [0.1, 0.15) is 19.4 Å². The molecule has 0 spiro atoms. The maximum atomic E-state index is 12.8. The van der Waals surface area contributed by atoms with Crippen molar-refractivity contribution < 1.29 is 31.4 Å². The molecule has 1 aromatic carbocycles. The van der Waals surface area contributed by atoms with Gasteiger partial charge in [0.1, 0.15) is 0 Å². The Morgan fingerprint density at radius 2 is 1.23 bits per heavy atom. The van der Waals surface area contributed by atoms with Crippen LogP contribution in [-0.2, 0) is 5.60 Å². The van der Waals surface area contributed by atoms with Crippen LogP contribution in [0.5, 0.6) is 0 Å². The minimum atomic E-state index is -5.84. The Balaban J connectivity index is 3.38. The van der Waals surface area contributed by atoms with E-state index in [1.807, 2.05) is 20.4 Å². The van der Waals surface area contributed by atoms with Crippen molar-refractivity contribution in [2.75, 3.05) is 0 Å². The Morgan fingerprint density at radius 3 is 1.50 bits per heavy atom. The zero-order valence-electron chi connectivity index (χ0n) is 12.4. The minimum Gasteiger partial charge on any atom is -0.369 e. The smallest absolute Gasteiger partial charge is 0.369 e. The molecule has 0 amide bonds. The van der Waals surface area contributed by atoms with Gasteiger partial charge in [0.05, 0.1) is 8.07 Å². The fourth-order valence-electron chi connectivity index (χ4n) is 2.26. The molecule has 1 nitrogen and oxygen atoms in total. The summed E-state index contributed by atoms with van der Waals surface area (Å²) in [5, 5.41) is 10.1. The van der Waals surface area contributed by atoms with Crippen LogP contribution in [0.3, 0.4) is 0 Å². The number of halogens is 6. The van der Waals surface area contributed by atoms with Gasteiger partial charge < -0.3 is 5.11 Å². The van der Waals surface area contributed by atoms with Gasteiger partial charge in [-0.2, -0.15) is 26.3 Å². The molecule has 126 valence electrons. The minimum absolute atomic E-state index is 0.729. The summed E-state index contributed by atoms with van der Waals surface area (Å²) < 4.78 is 76.7. The number of hydrogen-bond donors (Lipinski definition) is 1. The predicted molar refractivity (Wildman–Crippen MR) is 74.7 cm³/mol. The zero-order chi connectivity index (χ0) is 17.4. The second kappa shape index (κ2) is 5.88. The summed E-state index contributed by atoms with van der Waals surface area (Å²) >= 11 is 0. The molecule has 0 unspecified atom stereocenters. The Kier molecular flexibility index (Phi) is 5.09. The van der Waals surface area contributed by atoms with Gasteiger partial charge in [-0.3, -0.25) is 0 Å². The normalized spacial score (nSPS) is 14.3. The number of aliphatic hydroxyl groups is 1. The van der Waals surface area contributed by atoms with E-state index in [1.165, 1.54) is 12.1 Å². The molecule has 0 saturated heterocycles. The van der Waals surface area contributed by atoms with E-state index in [1.54, 1.807) is 0 Å². The first-order valence-corrected chi connectivity index (χ1v) is 9.71. The van der Waals surface area contributed by atoms with E-state index in [-0.39, 0.29) is 0 Å². The van der Waals surface area contributed by atoms with Gasteiger partial charge in [-0.05, 0) is 0 Å². The van der Waals surface area contributed by atoms with E-state index < -0.39 is 31.6 Å². The van der Waals surface area contributed by atoms with Crippen LogP contribution in [0.25, 0.3) is 0 Å². The molecule has 1 aromatic rings. The molecule has 0 saturated carbocycles. The molecule has 0 aliphatic heterocycles. The number of hydrogen-bond acceptors (Lipinski definition) is 1. The summed E-state index contributed by atoms with van der Waals surface area (Å²) in [6, 6.07) is 5.66. The van der Waals surface area contributed by atoms with Gasteiger partial charge in [0.25, 0.3) is 5.60 Å². The summed E-state index contributed by atoms with van der Waals surface area (Å²) in [7, 11) is -1.89. The molecule has 0 radical (unpaired) electrons. The van der Waals surface area contributed by atoms with Crippen LogP contribution in [0.2, 0.25) is 18.6 Å². The van der Waals surface area contributed by atoms with E-state index in [0.717, 1.165) is 29.4 Å². The van der Waals surface area contributed by atoms with Crippen molar-refractivity contribution in [3.05, 3.63) is 29.8 Å². The predicted octanol–water partition coefficient (Wildman–Crippen LogP) is 4.32. The highest BCUT2D eigenvalue weighted by molar-refractivity contribution is 6.90. The van der Waals surface area contributed by atoms with Crippen LogP contribution in [0.4, 0.5) is 26.3 Å². The van der Waals surface area contributed by atoms with Crippen molar-refractivity contribution in [3.63, 3.8) is 0 Å². The molecule has 0 heterocycles. The summed E-state index contributed by atoms with van der Waals surface area (Å²) in [4.78, 5) is 0. The van der Waals surface area contributed by atoms with Crippen LogP contribution >= 0.6 is 0 Å². The number of alkyl halides is 6. The highest BCUT2D eigenvalue weighted by atomic mass is 28.3. The SMILES string of the molecule is CC[Si](C)(CC)c1ccc(C(O)(C(F)(F)F)C(F)(F)F)cc1. The molecule has 1 rings (SSSR count). The first-order valence-electron chi connectivity index (χ1n) is 6.80. The molecule has 0 atom stereocenters. The van der Waals surface area contributed by atoms with Crippen molar-refractivity contribution in [2.24, 2.45) is 0 Å². The third kappa shape index (κ3) is 3.03. The van der Waals surface area contributed by atoms with Crippen molar-refractivity contribution in [3.8, 4) is 0 Å². The van der Waals surface area contributed by atoms with E-state index >= 15 is 0 Å². The molecule has 0 aromatic heterocycles. The highest BCUT2D eigenvalue weighted by Crippen LogP contribution is 2.49. The molecule has 22 heavy (non-hydrogen) atoms. The highest BCUT2D eigenvalue weighted by Gasteiger charge is 2.71. The third-order valence-corrected chi connectivity index (χ3v) is 9.23. The van der Waals surface area contributed by atoms with Gasteiger partial charge in [0, 0.05) is 5.56 Å². The van der Waals surface area contributed by atoms with E-state index in [2.05, 4.69) is 0 Å². The van der Waals surface area contributed by atoms with Crippen molar-refractivity contribution in [1.29, 1.82) is 0 Å². The first kappa shape index (κ1) is 19.0. The van der Waals surface area contributed by atoms with Gasteiger partial charge in [0.2, 0.25) is 0 Å². The van der Waals surface area contributed by atoms with Crippen LogP contribution < -0.4 is 5.19 Å². The lowest BCUT2D eigenvalue weighted by molar-refractivity contribution is -0.376. The van der Waals surface area contributed by atoms with E-state index in [0.29, 0.717) is 0 Å². The van der Waals surface area contributed by atoms with E-state index in [4.69, 9.17) is 0 Å². The summed E-state index contributed by atoms with van der Waals surface area (Å²) in [5.74, 6) is 0. The monoisotopic (exact) mass is 344 g/mol. The first-order chi connectivity index (χ1) is 9.83. The summed E-state index contributed by atoms with van der Waals surface area (Å²) in [6.45, 7) is 5.92. The Morgan fingerprint density at radius 1 is 0.864 bits per heavy atom. The van der Waals surface area contributed by atoms with Crippen LogP contribution in [-0.4, -0.2) is 25.5 Å². The fourth-order valence-corrected chi connectivity index (χ4v) is 4.55. The molecular formula is C14H18F6OSi. The molecule has 0 fully saturated rings. The quantitative estimate of drug-likeness (QED) is 0.637. The van der Waals surface area contributed by atoms with Gasteiger partial charge >= 0.3 is 12.4 Å². The maximum absolute atomic E-state index is 12.8. The van der Waals surface area contributed by atoms with Crippen LogP contribution in [0.15, 0.2) is 24.3 Å². The van der Waals surface area contributed by atoms with Gasteiger partial charge in [-0.1, -0.05) is 61.9 Å². The van der Waals surface area contributed by atoms with Crippen molar-refractivity contribution in [2.45, 2.75) is 50.4 Å². The molecule has 1 N–H and O–H groups in total. The average Bonchev–Trinajstić information content (AvgIpc) is 2.43. The molecule has 0 aliphatic rings. The Labute approximate surface area is 126 Å². The van der Waals surface area contributed by atoms with Crippen LogP contribution in [0, 0.1) is 0 Å². The summed E-state index contributed by atoms with van der Waals surface area (Å²) in [5.41, 5.74) is -6.06. The second-order valence-electron chi connectivity index (χ2n) is 5.55. The largest absolute Gasteiger partial charge is 0.430 e. The standard InChI is InChI=1S/C14H18F6OSi/c1-4-22(3,5-2)11-8-6-10(7-9-11)12(21,13(15,16)17)14(18,19)20/h6-9,21H,4-5H2,1-3H3. The molecule has 8 heteroatoms. The third-order valence-electron chi connectivity index (χ3n) is 4.38. The fraction of sp³-hybridized carbons (Fsp3) is 0.571. The van der Waals surface area contributed by atoms with Gasteiger partial charge in [0.15, 0.2) is 0 Å². The Hall–Kier alpha value is -1.02. The lowest BCUT2D eigenvalue weighted by Gasteiger charge is -2.33. The number of benzene rings is 1. The van der Waals surface area contributed by atoms with Gasteiger partial charge in [-0.15, -0.1) is 0 Å². The van der Waals surface area contributed by atoms with Crippen molar-refractivity contribution >= 4 is 13.3 Å². The molecule has 0 bridgehead atoms. The zero-order valence-corrected chi connectivity index (χ0v) is 13.4. The molecular weight excluding hydrogens is 326 g/mol. The lowest BCUT2D eigenvalue weighted by atomic mass is 9.92.